The van der Waals surface area contributed by atoms with Crippen LogP contribution in [0.25, 0.3) is 0 Å². The maximum Gasteiger partial charge on any atom is 0.0613 e. The van der Waals surface area contributed by atoms with Crippen LogP contribution in [0.2, 0.25) is 0 Å². The Morgan fingerprint density at radius 3 is 2.56 bits per heavy atom. The summed E-state index contributed by atoms with van der Waals surface area (Å²) in [5.74, 6) is 0. The lowest BCUT2D eigenvalue weighted by Crippen LogP contribution is -2.42. The lowest BCUT2D eigenvalue weighted by atomic mass is 10.1. The minimum absolute atomic E-state index is 0.0903. The minimum Gasteiger partial charge on any atom is -0.395 e. The van der Waals surface area contributed by atoms with Crippen molar-refractivity contribution in [2.24, 2.45) is 0 Å². The van der Waals surface area contributed by atoms with Crippen molar-refractivity contribution in [3.05, 3.63) is 35.9 Å². The molecule has 0 aliphatic carbocycles. The molecule has 0 bridgehead atoms. The molecule has 0 spiro atoms. The average Bonchev–Trinajstić information content (AvgIpc) is 2.30. The lowest BCUT2D eigenvalue weighted by molar-refractivity contribution is 0.154. The molecule has 0 amide bonds. The highest BCUT2D eigenvalue weighted by atomic mass is 16.5. The first kappa shape index (κ1) is 13.2. The van der Waals surface area contributed by atoms with Gasteiger partial charge in [0.05, 0.1) is 13.2 Å². The van der Waals surface area contributed by atoms with Crippen LogP contribution < -0.4 is 5.32 Å². The van der Waals surface area contributed by atoms with Crippen molar-refractivity contribution in [3.8, 4) is 0 Å². The second kappa shape index (κ2) is 7.39. The van der Waals surface area contributed by atoms with Crippen LogP contribution in [0.5, 0.6) is 0 Å². The molecule has 2 N–H and O–H groups in total. The van der Waals surface area contributed by atoms with Gasteiger partial charge in [-0.2, -0.15) is 0 Å². The third-order valence-corrected chi connectivity index (χ3v) is 2.48. The number of hydrogen-bond donors (Lipinski definition) is 2. The molecule has 90 valence electrons. The van der Waals surface area contributed by atoms with Gasteiger partial charge in [-0.25, -0.2) is 0 Å². The van der Waals surface area contributed by atoms with E-state index in [-0.39, 0.29) is 18.7 Å². The molecule has 2 atom stereocenters. The zero-order chi connectivity index (χ0) is 11.8. The van der Waals surface area contributed by atoms with Crippen molar-refractivity contribution in [1.82, 2.24) is 5.32 Å². The molecular weight excluding hydrogens is 202 g/mol. The molecule has 3 nitrogen and oxygen atoms in total. The molecule has 2 unspecified atom stereocenters. The summed E-state index contributed by atoms with van der Waals surface area (Å²) >= 11 is 0. The van der Waals surface area contributed by atoms with E-state index in [1.54, 1.807) is 7.11 Å². The Bertz CT molecular complexity index is 277. The van der Waals surface area contributed by atoms with Gasteiger partial charge in [-0.05, 0) is 18.9 Å². The molecule has 0 saturated heterocycles. The Kier molecular flexibility index (Phi) is 6.08. The Hall–Kier alpha value is -0.900. The van der Waals surface area contributed by atoms with Crippen LogP contribution in [0.1, 0.15) is 12.5 Å². The summed E-state index contributed by atoms with van der Waals surface area (Å²) < 4.78 is 5.06. The van der Waals surface area contributed by atoms with E-state index >= 15 is 0 Å². The van der Waals surface area contributed by atoms with Gasteiger partial charge in [-0.3, -0.25) is 0 Å². The monoisotopic (exact) mass is 223 g/mol. The molecule has 0 aliphatic rings. The van der Waals surface area contributed by atoms with E-state index in [1.807, 2.05) is 18.2 Å². The first-order chi connectivity index (χ1) is 7.76. The third-order valence-electron chi connectivity index (χ3n) is 2.48. The largest absolute Gasteiger partial charge is 0.395 e. The number of aliphatic hydroxyl groups is 1. The van der Waals surface area contributed by atoms with Crippen LogP contribution in [-0.2, 0) is 11.2 Å². The third kappa shape index (κ3) is 4.75. The number of methoxy groups -OCH3 is 1. The van der Waals surface area contributed by atoms with E-state index in [0.717, 1.165) is 6.42 Å². The van der Waals surface area contributed by atoms with E-state index in [9.17, 15) is 5.11 Å². The van der Waals surface area contributed by atoms with Gasteiger partial charge in [-0.1, -0.05) is 30.3 Å². The van der Waals surface area contributed by atoms with Gasteiger partial charge in [0.25, 0.3) is 0 Å². The number of nitrogens with one attached hydrogen (secondary N) is 1. The highest BCUT2D eigenvalue weighted by molar-refractivity contribution is 5.15. The summed E-state index contributed by atoms with van der Waals surface area (Å²) in [5, 5.41) is 12.6. The second-order valence-corrected chi connectivity index (χ2v) is 4.09. The van der Waals surface area contributed by atoms with Gasteiger partial charge in [0.1, 0.15) is 0 Å². The highest BCUT2D eigenvalue weighted by Crippen LogP contribution is 2.03. The quantitative estimate of drug-likeness (QED) is 0.730. The molecule has 0 fully saturated rings. The molecule has 0 aliphatic heterocycles. The molecule has 0 heterocycles. The molecule has 1 aromatic rings. The Labute approximate surface area is 97.4 Å². The summed E-state index contributed by atoms with van der Waals surface area (Å²) in [6.45, 7) is 2.85. The smallest absolute Gasteiger partial charge is 0.0613 e. The van der Waals surface area contributed by atoms with Gasteiger partial charge >= 0.3 is 0 Å². The zero-order valence-electron chi connectivity index (χ0n) is 10.0. The van der Waals surface area contributed by atoms with Crippen LogP contribution in [0.15, 0.2) is 30.3 Å². The zero-order valence-corrected chi connectivity index (χ0v) is 10.0. The summed E-state index contributed by atoms with van der Waals surface area (Å²) in [5.41, 5.74) is 1.23. The summed E-state index contributed by atoms with van der Waals surface area (Å²) in [7, 11) is 1.68. The standard InChI is InChI=1S/C13H21NO2/c1-11(10-16-2)14-13(9-15)8-12-6-4-3-5-7-12/h3-7,11,13-15H,8-10H2,1-2H3. The van der Waals surface area contributed by atoms with Crippen LogP contribution in [0, 0.1) is 0 Å². The van der Waals surface area contributed by atoms with Crippen molar-refractivity contribution in [2.45, 2.75) is 25.4 Å². The molecule has 1 aromatic carbocycles. The van der Waals surface area contributed by atoms with Gasteiger partial charge in [0, 0.05) is 19.2 Å². The van der Waals surface area contributed by atoms with Crippen molar-refractivity contribution in [2.75, 3.05) is 20.3 Å². The number of rotatable bonds is 7. The minimum atomic E-state index is 0.0903. The van der Waals surface area contributed by atoms with Crippen LogP contribution in [0.3, 0.4) is 0 Å². The molecular formula is C13H21NO2. The average molecular weight is 223 g/mol. The Morgan fingerprint density at radius 2 is 2.00 bits per heavy atom. The topological polar surface area (TPSA) is 41.5 Å². The normalized spacial score (nSPS) is 14.7. The number of benzene rings is 1. The van der Waals surface area contributed by atoms with Crippen LogP contribution in [0.4, 0.5) is 0 Å². The van der Waals surface area contributed by atoms with Gasteiger partial charge in [-0.15, -0.1) is 0 Å². The van der Waals surface area contributed by atoms with Crippen molar-refractivity contribution in [3.63, 3.8) is 0 Å². The SMILES string of the molecule is COCC(C)NC(CO)Cc1ccccc1. The maximum absolute atomic E-state index is 9.30. The summed E-state index contributed by atoms with van der Waals surface area (Å²) in [4.78, 5) is 0. The highest BCUT2D eigenvalue weighted by Gasteiger charge is 2.11. The molecule has 0 radical (unpaired) electrons. The fraction of sp³-hybridized carbons (Fsp3) is 0.538. The van der Waals surface area contributed by atoms with Crippen molar-refractivity contribution < 1.29 is 9.84 Å². The van der Waals surface area contributed by atoms with E-state index in [4.69, 9.17) is 4.74 Å². The first-order valence-corrected chi connectivity index (χ1v) is 5.66. The molecule has 1 rings (SSSR count). The van der Waals surface area contributed by atoms with Gasteiger partial charge in [0.2, 0.25) is 0 Å². The van der Waals surface area contributed by atoms with Crippen LogP contribution in [-0.4, -0.2) is 37.5 Å². The molecule has 3 heteroatoms. The fourth-order valence-corrected chi connectivity index (χ4v) is 1.78. The summed E-state index contributed by atoms with van der Waals surface area (Å²) in [6.07, 6.45) is 0.839. The predicted octanol–water partition coefficient (Wildman–Crippen LogP) is 1.21. The first-order valence-electron chi connectivity index (χ1n) is 5.66. The number of hydrogen-bond acceptors (Lipinski definition) is 3. The van der Waals surface area contributed by atoms with Crippen molar-refractivity contribution >= 4 is 0 Å². The molecule has 0 saturated carbocycles. The number of ether oxygens (including phenoxy) is 1. The number of aliphatic hydroxyl groups excluding tert-OH is 1. The van der Waals surface area contributed by atoms with Crippen molar-refractivity contribution in [1.29, 1.82) is 0 Å². The fourth-order valence-electron chi connectivity index (χ4n) is 1.78. The second-order valence-electron chi connectivity index (χ2n) is 4.09. The van der Waals surface area contributed by atoms with E-state index in [2.05, 4.69) is 24.4 Å². The molecule has 0 aromatic heterocycles. The van der Waals surface area contributed by atoms with Gasteiger partial charge < -0.3 is 15.2 Å². The Balaban J connectivity index is 2.43. The maximum atomic E-state index is 9.30. The van der Waals surface area contributed by atoms with E-state index in [0.29, 0.717) is 6.61 Å². The van der Waals surface area contributed by atoms with E-state index < -0.39 is 0 Å². The predicted molar refractivity (Wildman–Crippen MR) is 65.5 cm³/mol. The molecule has 16 heavy (non-hydrogen) atoms. The van der Waals surface area contributed by atoms with E-state index in [1.165, 1.54) is 5.56 Å². The Morgan fingerprint density at radius 1 is 1.31 bits per heavy atom. The van der Waals surface area contributed by atoms with Crippen LogP contribution >= 0.6 is 0 Å². The summed E-state index contributed by atoms with van der Waals surface area (Å²) in [6, 6.07) is 10.5. The lowest BCUT2D eigenvalue weighted by Gasteiger charge is -2.21. The van der Waals surface area contributed by atoms with Gasteiger partial charge in [0.15, 0.2) is 0 Å².